The Morgan fingerprint density at radius 3 is 2.37 bits per heavy atom. The first-order chi connectivity index (χ1) is 20.5. The van der Waals surface area contributed by atoms with Gasteiger partial charge in [0.15, 0.2) is 0 Å². The van der Waals surface area contributed by atoms with Gasteiger partial charge in [0.1, 0.15) is 11.3 Å². The van der Waals surface area contributed by atoms with E-state index >= 15 is 0 Å². The molecule has 3 aliphatic rings. The standard InChI is InChI=1S/C30H28Cl2F2N4O4S/c1-30(33,34)24-13-23(43-26-19(31)5-3-6-20(26)32)25(27(39)35-24)28(40)36-14-16-11-21(22(42-2)12-17(16)15-36)38-10-4-9-37(29(38)41)18-7-8-18/h3,5-6,11-13,18H,4,7-10,14-15H2,1-2H3,(H,35,39). The van der Waals surface area contributed by atoms with Crippen LogP contribution >= 0.6 is 35.0 Å². The molecule has 1 aliphatic carbocycles. The molecule has 226 valence electrons. The molecular formula is C30H28Cl2F2N4O4S. The molecule has 0 unspecified atom stereocenters. The van der Waals surface area contributed by atoms with Crippen LogP contribution in [0.25, 0.3) is 0 Å². The third-order valence-corrected chi connectivity index (χ3v) is 9.90. The number of carbonyl (C=O) groups is 2. The fraction of sp³-hybridized carbons (Fsp3) is 0.367. The van der Waals surface area contributed by atoms with E-state index in [-0.39, 0.29) is 45.7 Å². The summed E-state index contributed by atoms with van der Waals surface area (Å²) < 4.78 is 34.3. The van der Waals surface area contributed by atoms with E-state index in [0.29, 0.717) is 29.8 Å². The van der Waals surface area contributed by atoms with E-state index < -0.39 is 23.1 Å². The molecule has 1 N–H and O–H groups in total. The highest BCUT2D eigenvalue weighted by Crippen LogP contribution is 2.42. The summed E-state index contributed by atoms with van der Waals surface area (Å²) in [5.41, 5.74) is 0.363. The smallest absolute Gasteiger partial charge is 0.324 e. The average molecular weight is 650 g/mol. The Hall–Kier alpha value is -3.28. The van der Waals surface area contributed by atoms with Crippen LogP contribution in [0.5, 0.6) is 5.75 Å². The molecule has 0 radical (unpaired) electrons. The summed E-state index contributed by atoms with van der Waals surface area (Å²) in [6.45, 7) is 2.26. The van der Waals surface area contributed by atoms with Crippen LogP contribution < -0.4 is 15.2 Å². The lowest BCUT2D eigenvalue weighted by atomic mass is 10.1. The van der Waals surface area contributed by atoms with Crippen LogP contribution in [0.3, 0.4) is 0 Å². The zero-order valence-corrected chi connectivity index (χ0v) is 25.7. The largest absolute Gasteiger partial charge is 0.495 e. The number of hydrogen-bond donors (Lipinski definition) is 1. The van der Waals surface area contributed by atoms with E-state index in [1.165, 1.54) is 12.0 Å². The van der Waals surface area contributed by atoms with Gasteiger partial charge in [0.25, 0.3) is 17.4 Å². The number of aromatic nitrogens is 1. The van der Waals surface area contributed by atoms with Crippen LogP contribution in [0, 0.1) is 0 Å². The van der Waals surface area contributed by atoms with Crippen molar-refractivity contribution < 1.29 is 23.1 Å². The maximum Gasteiger partial charge on any atom is 0.324 e. The monoisotopic (exact) mass is 648 g/mol. The predicted octanol–water partition coefficient (Wildman–Crippen LogP) is 6.90. The van der Waals surface area contributed by atoms with Gasteiger partial charge in [-0.05, 0) is 60.7 Å². The summed E-state index contributed by atoms with van der Waals surface area (Å²) in [5, 5.41) is 0.503. The predicted molar refractivity (Wildman–Crippen MR) is 161 cm³/mol. The second-order valence-corrected chi connectivity index (χ2v) is 12.8. The molecule has 0 bridgehead atoms. The summed E-state index contributed by atoms with van der Waals surface area (Å²) in [5.74, 6) is -3.49. The number of ether oxygens (including phenoxy) is 1. The highest BCUT2D eigenvalue weighted by atomic mass is 35.5. The number of halogens is 4. The summed E-state index contributed by atoms with van der Waals surface area (Å²) in [7, 11) is 1.53. The molecule has 3 aromatic rings. The Balaban J connectivity index is 1.34. The maximum atomic E-state index is 14.3. The van der Waals surface area contributed by atoms with Crippen molar-refractivity contribution in [2.24, 2.45) is 0 Å². The molecule has 0 atom stereocenters. The van der Waals surface area contributed by atoms with E-state index in [1.807, 2.05) is 17.0 Å². The number of fused-ring (bicyclic) bond motifs is 1. The first-order valence-electron chi connectivity index (χ1n) is 13.8. The number of urea groups is 1. The Bertz CT molecular complexity index is 1670. The molecule has 3 amide bonds. The maximum absolute atomic E-state index is 14.3. The Kier molecular flexibility index (Phi) is 7.85. The van der Waals surface area contributed by atoms with E-state index in [2.05, 4.69) is 4.98 Å². The van der Waals surface area contributed by atoms with Gasteiger partial charge in [-0.3, -0.25) is 14.5 Å². The van der Waals surface area contributed by atoms with Gasteiger partial charge in [-0.15, -0.1) is 0 Å². The molecular weight excluding hydrogens is 621 g/mol. The number of alkyl halides is 2. The van der Waals surface area contributed by atoms with E-state index in [4.69, 9.17) is 27.9 Å². The average Bonchev–Trinajstić information content (AvgIpc) is 3.71. The van der Waals surface area contributed by atoms with Crippen LogP contribution in [0.4, 0.5) is 19.3 Å². The van der Waals surface area contributed by atoms with E-state index in [1.54, 1.807) is 23.1 Å². The lowest BCUT2D eigenvalue weighted by molar-refractivity contribution is 0.0121. The van der Waals surface area contributed by atoms with Crippen LogP contribution in [0.2, 0.25) is 10.0 Å². The molecule has 1 saturated carbocycles. The van der Waals surface area contributed by atoms with Gasteiger partial charge in [0, 0.05) is 48.9 Å². The molecule has 13 heteroatoms. The van der Waals surface area contributed by atoms with Gasteiger partial charge < -0.3 is 19.5 Å². The Morgan fingerprint density at radius 1 is 1.07 bits per heavy atom. The van der Waals surface area contributed by atoms with Crippen LogP contribution in [0.15, 0.2) is 51.0 Å². The summed E-state index contributed by atoms with van der Waals surface area (Å²) in [6, 6.07) is 9.79. The topological polar surface area (TPSA) is 85.9 Å². The normalized spacial score (nSPS) is 17.0. The van der Waals surface area contributed by atoms with Crippen molar-refractivity contribution in [1.82, 2.24) is 14.8 Å². The van der Waals surface area contributed by atoms with Crippen molar-refractivity contribution in [3.05, 3.63) is 79.2 Å². The number of methoxy groups -OCH3 is 1. The van der Waals surface area contributed by atoms with Crippen molar-refractivity contribution in [2.75, 3.05) is 25.1 Å². The number of benzene rings is 2. The fourth-order valence-electron chi connectivity index (χ4n) is 5.53. The van der Waals surface area contributed by atoms with E-state index in [9.17, 15) is 23.2 Å². The van der Waals surface area contributed by atoms with Crippen molar-refractivity contribution in [3.8, 4) is 5.75 Å². The van der Waals surface area contributed by atoms with Gasteiger partial charge >= 0.3 is 6.03 Å². The fourth-order valence-corrected chi connectivity index (χ4v) is 7.17. The highest BCUT2D eigenvalue weighted by molar-refractivity contribution is 7.99. The van der Waals surface area contributed by atoms with Gasteiger partial charge in [-0.2, -0.15) is 0 Å². The minimum atomic E-state index is -3.36. The van der Waals surface area contributed by atoms with Crippen LogP contribution in [-0.4, -0.2) is 53.0 Å². The molecule has 1 aromatic heterocycles. The van der Waals surface area contributed by atoms with Crippen molar-refractivity contribution in [2.45, 2.75) is 61.0 Å². The second-order valence-electron chi connectivity index (χ2n) is 11.0. The molecule has 2 aliphatic heterocycles. The third kappa shape index (κ3) is 5.70. The molecule has 3 heterocycles. The Labute approximate surface area is 260 Å². The molecule has 8 nitrogen and oxygen atoms in total. The van der Waals surface area contributed by atoms with Crippen LogP contribution in [0.1, 0.15) is 53.4 Å². The first kappa shape index (κ1) is 29.8. The summed E-state index contributed by atoms with van der Waals surface area (Å²) in [6.07, 6.45) is 2.85. The van der Waals surface area contributed by atoms with Crippen LogP contribution in [-0.2, 0) is 19.0 Å². The lowest BCUT2D eigenvalue weighted by Crippen LogP contribution is -2.50. The number of pyridine rings is 1. The number of nitrogens with zero attached hydrogens (tertiary/aromatic N) is 3. The van der Waals surface area contributed by atoms with Gasteiger partial charge in [-0.1, -0.05) is 41.0 Å². The first-order valence-corrected chi connectivity index (χ1v) is 15.4. The zero-order valence-electron chi connectivity index (χ0n) is 23.4. The quantitative estimate of drug-likeness (QED) is 0.301. The summed E-state index contributed by atoms with van der Waals surface area (Å²) >= 11 is 13.6. The lowest BCUT2D eigenvalue weighted by Gasteiger charge is -2.36. The van der Waals surface area contributed by atoms with Gasteiger partial charge in [0.2, 0.25) is 0 Å². The molecule has 43 heavy (non-hydrogen) atoms. The number of rotatable bonds is 7. The SMILES string of the molecule is COc1cc2c(cc1N1CCCN(C3CC3)C1=O)CN(C(=O)c1c(Sc3c(Cl)cccc3Cl)cc(C(C)(F)F)[nH]c1=O)C2. The number of nitrogens with one attached hydrogen (secondary N) is 1. The zero-order chi connectivity index (χ0) is 30.6. The number of amides is 3. The van der Waals surface area contributed by atoms with Gasteiger partial charge in [-0.25, -0.2) is 13.6 Å². The molecule has 1 saturated heterocycles. The number of anilines is 1. The molecule has 0 spiro atoms. The molecule has 2 aromatic carbocycles. The van der Waals surface area contributed by atoms with Crippen molar-refractivity contribution in [3.63, 3.8) is 0 Å². The van der Waals surface area contributed by atoms with Crippen molar-refractivity contribution in [1.29, 1.82) is 0 Å². The number of H-pyrrole nitrogens is 1. The molecule has 2 fully saturated rings. The Morgan fingerprint density at radius 2 is 1.74 bits per heavy atom. The molecule has 6 rings (SSSR count). The minimum absolute atomic E-state index is 0.00795. The number of hydrogen-bond acceptors (Lipinski definition) is 5. The summed E-state index contributed by atoms with van der Waals surface area (Å²) in [4.78, 5) is 48.1. The third-order valence-electron chi connectivity index (χ3n) is 7.86. The number of aromatic amines is 1. The second kappa shape index (κ2) is 11.3. The number of carbonyl (C=O) groups excluding carboxylic acids is 2. The highest BCUT2D eigenvalue weighted by Gasteiger charge is 2.39. The van der Waals surface area contributed by atoms with Gasteiger partial charge in [0.05, 0.1) is 28.5 Å². The minimum Gasteiger partial charge on any atom is -0.495 e. The van der Waals surface area contributed by atoms with Crippen molar-refractivity contribution >= 4 is 52.6 Å². The van der Waals surface area contributed by atoms with E-state index in [0.717, 1.165) is 54.8 Å².